The van der Waals surface area contributed by atoms with Crippen LogP contribution >= 0.6 is 0 Å². The first-order valence-corrected chi connectivity index (χ1v) is 7.22. The van der Waals surface area contributed by atoms with Crippen LogP contribution in [0.25, 0.3) is 0 Å². The first kappa shape index (κ1) is 15.7. The minimum absolute atomic E-state index is 0.639. The summed E-state index contributed by atoms with van der Waals surface area (Å²) in [5.74, 6) is 2.46. The van der Waals surface area contributed by atoms with Crippen LogP contribution in [0.1, 0.15) is 46.0 Å². The highest BCUT2D eigenvalue weighted by molar-refractivity contribution is 5.36. The van der Waals surface area contributed by atoms with Gasteiger partial charge in [0.1, 0.15) is 11.5 Å². The molecule has 0 amide bonds. The summed E-state index contributed by atoms with van der Waals surface area (Å²) >= 11 is 0. The monoisotopic (exact) mass is 262 g/mol. The van der Waals surface area contributed by atoms with Crippen molar-refractivity contribution in [2.24, 2.45) is 5.92 Å². The standard InChI is InChI=1S/C17H26O2/c1-5-8-9-14(6-2)13-19-17-11-10-16(18-4)12-15(17)7-3/h10-11,14H,3,5-6,8-9,12-13H2,1-2,4H3. The van der Waals surface area contributed by atoms with Crippen molar-refractivity contribution in [3.63, 3.8) is 0 Å². The lowest BCUT2D eigenvalue weighted by Crippen LogP contribution is -2.11. The number of hydrogen-bond acceptors (Lipinski definition) is 2. The minimum Gasteiger partial charge on any atom is -0.501 e. The zero-order valence-electron chi connectivity index (χ0n) is 12.5. The largest absolute Gasteiger partial charge is 0.501 e. The van der Waals surface area contributed by atoms with E-state index in [2.05, 4.69) is 26.2 Å². The Morgan fingerprint density at radius 2 is 2.16 bits per heavy atom. The molecule has 1 aliphatic carbocycles. The Labute approximate surface area is 117 Å². The fourth-order valence-corrected chi connectivity index (χ4v) is 2.12. The Hall–Kier alpha value is -1.40. The van der Waals surface area contributed by atoms with Crippen LogP contribution in [0, 0.1) is 5.92 Å². The number of allylic oxidation sites excluding steroid dienone is 4. The maximum absolute atomic E-state index is 5.95. The van der Waals surface area contributed by atoms with Gasteiger partial charge >= 0.3 is 0 Å². The fourth-order valence-electron chi connectivity index (χ4n) is 2.12. The van der Waals surface area contributed by atoms with Gasteiger partial charge in [-0.15, -0.1) is 5.73 Å². The number of methoxy groups -OCH3 is 1. The zero-order valence-corrected chi connectivity index (χ0v) is 12.5. The van der Waals surface area contributed by atoms with Gasteiger partial charge < -0.3 is 9.47 Å². The molecular weight excluding hydrogens is 236 g/mol. The minimum atomic E-state index is 0.639. The van der Waals surface area contributed by atoms with Crippen molar-refractivity contribution in [3.05, 3.63) is 41.6 Å². The van der Waals surface area contributed by atoms with Crippen LogP contribution in [0.4, 0.5) is 0 Å². The topological polar surface area (TPSA) is 18.5 Å². The molecule has 0 N–H and O–H groups in total. The maximum Gasteiger partial charge on any atom is 0.130 e. The summed E-state index contributed by atoms with van der Waals surface area (Å²) < 4.78 is 11.2. The smallest absolute Gasteiger partial charge is 0.130 e. The van der Waals surface area contributed by atoms with E-state index in [4.69, 9.17) is 9.47 Å². The van der Waals surface area contributed by atoms with Gasteiger partial charge in [-0.1, -0.05) is 39.7 Å². The normalized spacial score (nSPS) is 16.3. The third-order valence-corrected chi connectivity index (χ3v) is 3.56. The number of ether oxygens (including phenoxy) is 2. The molecule has 0 aromatic carbocycles. The average molecular weight is 262 g/mol. The number of rotatable bonds is 8. The molecule has 0 heterocycles. The van der Waals surface area contributed by atoms with Crippen molar-refractivity contribution in [3.8, 4) is 0 Å². The molecular formula is C17H26O2. The lowest BCUT2D eigenvalue weighted by atomic mass is 10.00. The molecule has 0 saturated carbocycles. The Morgan fingerprint density at radius 3 is 2.74 bits per heavy atom. The second-order valence-electron chi connectivity index (χ2n) is 4.93. The van der Waals surface area contributed by atoms with Crippen LogP contribution in [0.2, 0.25) is 0 Å². The molecule has 1 rings (SSSR count). The molecule has 0 radical (unpaired) electrons. The van der Waals surface area contributed by atoms with Crippen molar-refractivity contribution in [1.82, 2.24) is 0 Å². The van der Waals surface area contributed by atoms with Crippen molar-refractivity contribution in [2.75, 3.05) is 13.7 Å². The second kappa shape index (κ2) is 8.66. The Bertz CT molecular complexity index is 384. The van der Waals surface area contributed by atoms with Crippen molar-refractivity contribution < 1.29 is 9.47 Å². The molecule has 0 spiro atoms. The van der Waals surface area contributed by atoms with Gasteiger partial charge in [-0.25, -0.2) is 0 Å². The van der Waals surface area contributed by atoms with E-state index in [1.54, 1.807) is 7.11 Å². The van der Waals surface area contributed by atoms with E-state index in [9.17, 15) is 0 Å². The maximum atomic E-state index is 5.95. The highest BCUT2D eigenvalue weighted by Gasteiger charge is 2.15. The van der Waals surface area contributed by atoms with E-state index in [-0.39, 0.29) is 0 Å². The summed E-state index contributed by atoms with van der Waals surface area (Å²) in [7, 11) is 1.68. The third kappa shape index (κ3) is 5.00. The van der Waals surface area contributed by atoms with Gasteiger partial charge in [-0.3, -0.25) is 0 Å². The molecule has 2 nitrogen and oxygen atoms in total. The Kier molecular flexibility index (Phi) is 7.14. The van der Waals surface area contributed by atoms with E-state index >= 15 is 0 Å². The highest BCUT2D eigenvalue weighted by atomic mass is 16.5. The zero-order chi connectivity index (χ0) is 14.1. The van der Waals surface area contributed by atoms with Crippen LogP contribution in [-0.4, -0.2) is 13.7 Å². The average Bonchev–Trinajstić information content (AvgIpc) is 2.47. The van der Waals surface area contributed by atoms with Gasteiger partial charge in [0.15, 0.2) is 0 Å². The molecule has 0 saturated heterocycles. The molecule has 2 heteroatoms. The molecule has 0 fully saturated rings. The Morgan fingerprint density at radius 1 is 1.37 bits per heavy atom. The second-order valence-corrected chi connectivity index (χ2v) is 4.93. The summed E-state index contributed by atoms with van der Waals surface area (Å²) in [4.78, 5) is 0. The van der Waals surface area contributed by atoms with Crippen LogP contribution in [0.3, 0.4) is 0 Å². The molecule has 19 heavy (non-hydrogen) atoms. The van der Waals surface area contributed by atoms with Crippen molar-refractivity contribution in [2.45, 2.75) is 46.0 Å². The molecule has 0 aromatic rings. The van der Waals surface area contributed by atoms with Gasteiger partial charge in [0.05, 0.1) is 13.7 Å². The molecule has 0 bridgehead atoms. The van der Waals surface area contributed by atoms with Gasteiger partial charge in [0.2, 0.25) is 0 Å². The predicted octanol–water partition coefficient (Wildman–Crippen LogP) is 4.75. The number of hydrogen-bond donors (Lipinski definition) is 0. The lowest BCUT2D eigenvalue weighted by molar-refractivity contribution is 0.158. The number of unbranched alkanes of at least 4 members (excludes halogenated alkanes) is 1. The summed E-state index contributed by atoms with van der Waals surface area (Å²) in [6, 6.07) is 0. The van der Waals surface area contributed by atoms with Crippen LogP contribution in [0.5, 0.6) is 0 Å². The van der Waals surface area contributed by atoms with Crippen LogP contribution in [-0.2, 0) is 9.47 Å². The van der Waals surface area contributed by atoms with Crippen molar-refractivity contribution >= 4 is 0 Å². The van der Waals surface area contributed by atoms with Crippen LogP contribution < -0.4 is 0 Å². The summed E-state index contributed by atoms with van der Waals surface area (Å²) in [5.41, 5.74) is 3.95. The van der Waals surface area contributed by atoms with Gasteiger partial charge in [-0.05, 0) is 24.5 Å². The SMILES string of the molecule is C=C=C1CC(OC)=CC=C1OCC(CC)CCCC. The summed E-state index contributed by atoms with van der Waals surface area (Å²) in [6.45, 7) is 8.97. The predicted molar refractivity (Wildman–Crippen MR) is 79.7 cm³/mol. The third-order valence-electron chi connectivity index (χ3n) is 3.56. The fraction of sp³-hybridized carbons (Fsp3) is 0.588. The summed E-state index contributed by atoms with van der Waals surface area (Å²) in [5, 5.41) is 0. The first-order chi connectivity index (χ1) is 9.24. The molecule has 1 aliphatic rings. The van der Waals surface area contributed by atoms with Crippen molar-refractivity contribution in [1.29, 1.82) is 0 Å². The lowest BCUT2D eigenvalue weighted by Gasteiger charge is -2.20. The Balaban J connectivity index is 2.57. The highest BCUT2D eigenvalue weighted by Crippen LogP contribution is 2.26. The van der Waals surface area contributed by atoms with E-state index in [1.165, 1.54) is 25.7 Å². The first-order valence-electron chi connectivity index (χ1n) is 7.22. The van der Waals surface area contributed by atoms with E-state index in [0.717, 1.165) is 30.1 Å². The van der Waals surface area contributed by atoms with E-state index in [0.29, 0.717) is 5.92 Å². The quantitative estimate of drug-likeness (QED) is 0.588. The van der Waals surface area contributed by atoms with Gasteiger partial charge in [0.25, 0.3) is 0 Å². The van der Waals surface area contributed by atoms with Gasteiger partial charge in [-0.2, -0.15) is 0 Å². The van der Waals surface area contributed by atoms with E-state index in [1.807, 2.05) is 12.2 Å². The van der Waals surface area contributed by atoms with E-state index < -0.39 is 0 Å². The molecule has 0 aromatic heterocycles. The molecule has 106 valence electrons. The summed E-state index contributed by atoms with van der Waals surface area (Å²) in [6.07, 6.45) is 9.57. The molecule has 0 aliphatic heterocycles. The molecule has 1 unspecified atom stereocenters. The van der Waals surface area contributed by atoms with Crippen LogP contribution in [0.15, 0.2) is 41.6 Å². The van der Waals surface area contributed by atoms with Gasteiger partial charge in [0, 0.05) is 12.0 Å². The molecule has 1 atom stereocenters.